The maximum Gasteiger partial charge on any atom is 0.236 e. The van der Waals surface area contributed by atoms with Crippen molar-refractivity contribution in [2.75, 3.05) is 17.0 Å². The zero-order chi connectivity index (χ0) is 12.3. The van der Waals surface area contributed by atoms with Crippen molar-refractivity contribution >= 4 is 15.7 Å². The van der Waals surface area contributed by atoms with E-state index < -0.39 is 10.0 Å². The van der Waals surface area contributed by atoms with Crippen molar-refractivity contribution in [3.8, 4) is 0 Å². The number of hydrogen-bond donors (Lipinski definition) is 2. The number of hydrogen-bond acceptors (Lipinski definition) is 3. The number of anilines is 1. The lowest BCUT2D eigenvalue weighted by Crippen LogP contribution is -2.25. The van der Waals surface area contributed by atoms with Gasteiger partial charge < -0.3 is 5.32 Å². The quantitative estimate of drug-likeness (QED) is 0.793. The van der Waals surface area contributed by atoms with Gasteiger partial charge in [-0.2, -0.15) is 0 Å². The number of fused-ring (bicyclic) bond motifs is 1. The van der Waals surface area contributed by atoms with Gasteiger partial charge >= 0.3 is 0 Å². The van der Waals surface area contributed by atoms with Crippen LogP contribution in [0.1, 0.15) is 11.1 Å². The molecule has 0 radical (unpaired) electrons. The van der Waals surface area contributed by atoms with Crippen LogP contribution in [0.2, 0.25) is 0 Å². The summed E-state index contributed by atoms with van der Waals surface area (Å²) in [6.07, 6.45) is 2.24. The van der Waals surface area contributed by atoms with Crippen LogP contribution >= 0.6 is 0 Å². The van der Waals surface area contributed by atoms with Crippen LogP contribution in [0.25, 0.3) is 0 Å². The Morgan fingerprint density at radius 2 is 2.29 bits per heavy atom. The fourth-order valence-corrected chi connectivity index (χ4v) is 2.91. The third-order valence-electron chi connectivity index (χ3n) is 2.74. The van der Waals surface area contributed by atoms with Crippen LogP contribution in [-0.4, -0.2) is 20.7 Å². The fraction of sp³-hybridized carbons (Fsp3) is 0.333. The minimum atomic E-state index is -3.31. The molecule has 0 bridgehead atoms. The molecule has 4 nitrogen and oxygen atoms in total. The molecule has 5 heteroatoms. The molecule has 92 valence electrons. The molecule has 1 heterocycles. The summed E-state index contributed by atoms with van der Waals surface area (Å²) >= 11 is 0. The summed E-state index contributed by atoms with van der Waals surface area (Å²) in [5, 5.41) is 3.26. The van der Waals surface area contributed by atoms with E-state index in [0.717, 1.165) is 30.6 Å². The third kappa shape index (κ3) is 2.87. The number of benzene rings is 1. The average Bonchev–Trinajstić information content (AvgIpc) is 2.29. The Hall–Kier alpha value is -1.33. The molecule has 0 unspecified atom stereocenters. The van der Waals surface area contributed by atoms with Crippen LogP contribution in [0.3, 0.4) is 0 Å². The summed E-state index contributed by atoms with van der Waals surface area (Å²) in [5.74, 6) is -0.0606. The van der Waals surface area contributed by atoms with Crippen molar-refractivity contribution in [3.05, 3.63) is 42.0 Å². The van der Waals surface area contributed by atoms with Gasteiger partial charge in [-0.3, -0.25) is 4.72 Å². The molecular formula is C12H16N2O2S. The van der Waals surface area contributed by atoms with Crippen molar-refractivity contribution in [2.24, 2.45) is 0 Å². The van der Waals surface area contributed by atoms with E-state index in [2.05, 4.69) is 16.6 Å². The maximum atomic E-state index is 11.7. The molecule has 0 saturated carbocycles. The van der Waals surface area contributed by atoms with Gasteiger partial charge in [0.25, 0.3) is 0 Å². The minimum absolute atomic E-state index is 0.0606. The second-order valence-electron chi connectivity index (χ2n) is 4.04. The van der Waals surface area contributed by atoms with E-state index in [1.165, 1.54) is 6.08 Å². The first-order valence-electron chi connectivity index (χ1n) is 5.55. The smallest absolute Gasteiger partial charge is 0.236 e. The van der Waals surface area contributed by atoms with Crippen LogP contribution < -0.4 is 10.0 Å². The highest BCUT2D eigenvalue weighted by Gasteiger charge is 2.15. The Balaban J connectivity index is 2.30. The molecule has 0 spiro atoms. The highest BCUT2D eigenvalue weighted by molar-refractivity contribution is 7.92. The van der Waals surface area contributed by atoms with E-state index in [0.29, 0.717) is 5.69 Å². The van der Waals surface area contributed by atoms with Crippen LogP contribution in [0.5, 0.6) is 0 Å². The topological polar surface area (TPSA) is 58.2 Å². The summed E-state index contributed by atoms with van der Waals surface area (Å²) in [5.41, 5.74) is 2.96. The highest BCUT2D eigenvalue weighted by Crippen LogP contribution is 2.23. The predicted octanol–water partition coefficient (Wildman–Crippen LogP) is 1.26. The van der Waals surface area contributed by atoms with Gasteiger partial charge in [-0.1, -0.05) is 18.2 Å². The second kappa shape index (κ2) is 4.89. The molecular weight excluding hydrogens is 236 g/mol. The summed E-state index contributed by atoms with van der Waals surface area (Å²) in [4.78, 5) is 0. The van der Waals surface area contributed by atoms with Gasteiger partial charge in [0.05, 0.1) is 11.4 Å². The van der Waals surface area contributed by atoms with Gasteiger partial charge in [-0.15, -0.1) is 6.58 Å². The van der Waals surface area contributed by atoms with E-state index in [-0.39, 0.29) is 5.75 Å². The molecule has 2 N–H and O–H groups in total. The van der Waals surface area contributed by atoms with Gasteiger partial charge in [0, 0.05) is 6.54 Å². The van der Waals surface area contributed by atoms with E-state index in [4.69, 9.17) is 0 Å². The Kier molecular flexibility index (Phi) is 3.49. The molecule has 1 aromatic rings. The van der Waals surface area contributed by atoms with Gasteiger partial charge in [-0.05, 0) is 30.2 Å². The van der Waals surface area contributed by atoms with Gasteiger partial charge in [-0.25, -0.2) is 8.42 Å². The normalized spacial score (nSPS) is 15.1. The maximum absolute atomic E-state index is 11.7. The number of sulfonamides is 1. The first-order valence-corrected chi connectivity index (χ1v) is 7.20. The van der Waals surface area contributed by atoms with E-state index >= 15 is 0 Å². The minimum Gasteiger partial charge on any atom is -0.312 e. The lowest BCUT2D eigenvalue weighted by atomic mass is 9.99. The van der Waals surface area contributed by atoms with Crippen LogP contribution in [0.15, 0.2) is 30.9 Å². The molecule has 0 amide bonds. The molecule has 1 aliphatic heterocycles. The first-order chi connectivity index (χ1) is 8.12. The molecule has 0 aromatic heterocycles. The Labute approximate surface area is 102 Å². The zero-order valence-corrected chi connectivity index (χ0v) is 10.4. The van der Waals surface area contributed by atoms with Gasteiger partial charge in [0.1, 0.15) is 0 Å². The summed E-state index contributed by atoms with van der Waals surface area (Å²) in [7, 11) is -3.31. The lowest BCUT2D eigenvalue weighted by molar-refractivity contribution is 0.603. The largest absolute Gasteiger partial charge is 0.312 e. The predicted molar refractivity (Wildman–Crippen MR) is 69.5 cm³/mol. The highest BCUT2D eigenvalue weighted by atomic mass is 32.2. The summed E-state index contributed by atoms with van der Waals surface area (Å²) < 4.78 is 26.0. The van der Waals surface area contributed by atoms with Crippen molar-refractivity contribution in [2.45, 2.75) is 13.0 Å². The van der Waals surface area contributed by atoms with Crippen LogP contribution in [0, 0.1) is 0 Å². The van der Waals surface area contributed by atoms with Crippen molar-refractivity contribution < 1.29 is 8.42 Å². The average molecular weight is 252 g/mol. The Morgan fingerprint density at radius 3 is 3.06 bits per heavy atom. The van der Waals surface area contributed by atoms with Crippen LogP contribution in [0.4, 0.5) is 5.69 Å². The van der Waals surface area contributed by atoms with Crippen LogP contribution in [-0.2, 0) is 23.0 Å². The molecule has 0 fully saturated rings. The first kappa shape index (κ1) is 12.1. The third-order valence-corrected chi connectivity index (χ3v) is 3.95. The zero-order valence-electron chi connectivity index (χ0n) is 9.57. The number of nitrogens with one attached hydrogen (secondary N) is 2. The Morgan fingerprint density at radius 1 is 1.47 bits per heavy atom. The van der Waals surface area contributed by atoms with E-state index in [1.54, 1.807) is 0 Å². The summed E-state index contributed by atoms with van der Waals surface area (Å²) in [6, 6.07) is 5.70. The molecule has 1 aromatic carbocycles. The molecule has 0 saturated heterocycles. The Bertz CT molecular complexity index is 523. The van der Waals surface area contributed by atoms with Crippen molar-refractivity contribution in [1.29, 1.82) is 0 Å². The van der Waals surface area contributed by atoms with E-state index in [9.17, 15) is 8.42 Å². The monoisotopic (exact) mass is 252 g/mol. The van der Waals surface area contributed by atoms with Crippen molar-refractivity contribution in [1.82, 2.24) is 5.32 Å². The van der Waals surface area contributed by atoms with Crippen molar-refractivity contribution in [3.63, 3.8) is 0 Å². The molecule has 1 aliphatic rings. The second-order valence-corrected chi connectivity index (χ2v) is 5.81. The summed E-state index contributed by atoms with van der Waals surface area (Å²) in [6.45, 7) is 5.13. The standard InChI is InChI=1S/C12H16N2O2S/c1-2-8-17(15,16)14-12-5-3-4-10-9-13-7-6-11(10)12/h2-5,13-14H,1,6-9H2. The molecule has 17 heavy (non-hydrogen) atoms. The molecule has 2 rings (SSSR count). The lowest BCUT2D eigenvalue weighted by Gasteiger charge is -2.20. The molecule has 0 atom stereocenters. The number of rotatable bonds is 4. The van der Waals surface area contributed by atoms with E-state index in [1.807, 2.05) is 18.2 Å². The van der Waals surface area contributed by atoms with Gasteiger partial charge in [0.2, 0.25) is 10.0 Å². The fourth-order valence-electron chi connectivity index (χ4n) is 1.99. The SMILES string of the molecule is C=CCS(=O)(=O)Nc1cccc2c1CCNC2. The van der Waals surface area contributed by atoms with Gasteiger partial charge in [0.15, 0.2) is 0 Å². The molecule has 0 aliphatic carbocycles.